The minimum absolute atomic E-state index is 0.181. The van der Waals surface area contributed by atoms with Gasteiger partial charge >= 0.3 is 12.3 Å². The molecular formula is C22H18F3N3O5. The van der Waals surface area contributed by atoms with Gasteiger partial charge in [-0.2, -0.15) is 13.2 Å². The molecule has 0 bridgehead atoms. The number of aryl methyl sites for hydroxylation is 2. The molecule has 1 aromatic heterocycles. The van der Waals surface area contributed by atoms with Crippen LogP contribution in [0, 0.1) is 13.8 Å². The van der Waals surface area contributed by atoms with Crippen molar-refractivity contribution in [2.45, 2.75) is 26.4 Å². The number of carbonyl (C=O) groups excluding carboxylic acids is 2. The molecular weight excluding hydrogens is 443 g/mol. The fourth-order valence-electron chi connectivity index (χ4n) is 3.12. The number of rotatable bonds is 6. The van der Waals surface area contributed by atoms with Crippen LogP contribution >= 0.6 is 0 Å². The van der Waals surface area contributed by atoms with Crippen LogP contribution in [0.2, 0.25) is 0 Å². The fraction of sp³-hybridized carbons (Fsp3) is 0.182. The zero-order valence-corrected chi connectivity index (χ0v) is 17.4. The standard InChI is InChI=1S/C22H18F3N3O5/c1-11-6-16(27-21(31)32)17(9-15(11)22(23,24)25)26-20(30)10-18(29)13-4-3-5-14(8-13)19-7-12(2)28-33-19/h3-9,27H,10H2,1-2H3,(H,26,30)(H,31,32). The zero-order chi connectivity index (χ0) is 24.3. The second-order valence-corrected chi connectivity index (χ2v) is 7.20. The third-order valence-corrected chi connectivity index (χ3v) is 4.60. The number of ketones is 1. The van der Waals surface area contributed by atoms with Gasteiger partial charge in [-0.25, -0.2) is 4.79 Å². The molecule has 2 aromatic carbocycles. The highest BCUT2D eigenvalue weighted by Gasteiger charge is 2.33. The first-order valence-electron chi connectivity index (χ1n) is 9.52. The van der Waals surface area contributed by atoms with E-state index in [2.05, 4.69) is 10.5 Å². The highest BCUT2D eigenvalue weighted by Crippen LogP contribution is 2.37. The first-order chi connectivity index (χ1) is 15.4. The summed E-state index contributed by atoms with van der Waals surface area (Å²) in [6.07, 6.45) is -6.93. The molecule has 0 aliphatic carbocycles. The minimum atomic E-state index is -4.72. The maximum atomic E-state index is 13.3. The second-order valence-electron chi connectivity index (χ2n) is 7.20. The largest absolute Gasteiger partial charge is 0.465 e. The van der Waals surface area contributed by atoms with Crippen molar-refractivity contribution in [2.24, 2.45) is 0 Å². The monoisotopic (exact) mass is 461 g/mol. The number of hydrogen-bond donors (Lipinski definition) is 3. The van der Waals surface area contributed by atoms with Gasteiger partial charge in [-0.3, -0.25) is 14.9 Å². The van der Waals surface area contributed by atoms with Crippen molar-refractivity contribution in [1.29, 1.82) is 0 Å². The number of benzene rings is 2. The van der Waals surface area contributed by atoms with Gasteiger partial charge in [-0.05, 0) is 37.6 Å². The number of hydrogen-bond acceptors (Lipinski definition) is 5. The SMILES string of the molecule is Cc1cc(-c2cccc(C(=O)CC(=O)Nc3cc(C(F)(F)F)c(C)cc3NC(=O)O)c2)on1. The number of aromatic nitrogens is 1. The molecule has 0 radical (unpaired) electrons. The molecule has 0 saturated carbocycles. The van der Waals surface area contributed by atoms with E-state index in [0.29, 0.717) is 23.1 Å². The van der Waals surface area contributed by atoms with Crippen LogP contribution in [0.1, 0.15) is 33.6 Å². The number of carbonyl (C=O) groups is 3. The first kappa shape index (κ1) is 23.5. The maximum Gasteiger partial charge on any atom is 0.416 e. The van der Waals surface area contributed by atoms with E-state index in [4.69, 9.17) is 9.63 Å². The molecule has 0 spiro atoms. The number of amides is 2. The third-order valence-electron chi connectivity index (χ3n) is 4.60. The van der Waals surface area contributed by atoms with E-state index >= 15 is 0 Å². The van der Waals surface area contributed by atoms with Gasteiger partial charge in [-0.15, -0.1) is 0 Å². The maximum absolute atomic E-state index is 13.3. The van der Waals surface area contributed by atoms with E-state index in [-0.39, 0.29) is 16.8 Å². The zero-order valence-electron chi connectivity index (χ0n) is 17.4. The number of nitrogens with zero attached hydrogens (tertiary/aromatic N) is 1. The van der Waals surface area contributed by atoms with Crippen LogP contribution in [0.3, 0.4) is 0 Å². The van der Waals surface area contributed by atoms with Crippen LogP contribution in [-0.2, 0) is 11.0 Å². The Hall–Kier alpha value is -4.15. The molecule has 0 atom stereocenters. The highest BCUT2D eigenvalue weighted by atomic mass is 19.4. The number of nitrogens with one attached hydrogen (secondary N) is 2. The minimum Gasteiger partial charge on any atom is -0.465 e. The highest BCUT2D eigenvalue weighted by molar-refractivity contribution is 6.12. The van der Waals surface area contributed by atoms with Crippen molar-refractivity contribution in [1.82, 2.24) is 5.16 Å². The Kier molecular flexibility index (Phi) is 6.52. The summed E-state index contributed by atoms with van der Waals surface area (Å²) in [5.41, 5.74) is -0.572. The molecule has 0 saturated heterocycles. The molecule has 0 aliphatic heterocycles. The first-order valence-corrected chi connectivity index (χ1v) is 9.52. The molecule has 8 nitrogen and oxygen atoms in total. The summed E-state index contributed by atoms with van der Waals surface area (Å²) in [6, 6.07) is 9.50. The quantitative estimate of drug-likeness (QED) is 0.339. The molecule has 0 fully saturated rings. The van der Waals surface area contributed by atoms with Crippen LogP contribution in [0.15, 0.2) is 47.0 Å². The Morgan fingerprint density at radius 3 is 2.33 bits per heavy atom. The molecule has 0 aliphatic rings. The fourth-order valence-corrected chi connectivity index (χ4v) is 3.12. The average molecular weight is 461 g/mol. The summed E-state index contributed by atoms with van der Waals surface area (Å²) >= 11 is 0. The van der Waals surface area contributed by atoms with E-state index in [1.54, 1.807) is 25.1 Å². The molecule has 1 heterocycles. The van der Waals surface area contributed by atoms with Gasteiger partial charge in [0.1, 0.15) is 0 Å². The van der Waals surface area contributed by atoms with Crippen molar-refractivity contribution in [2.75, 3.05) is 10.6 Å². The lowest BCUT2D eigenvalue weighted by Gasteiger charge is -2.17. The molecule has 33 heavy (non-hydrogen) atoms. The molecule has 3 rings (SSSR count). The lowest BCUT2D eigenvalue weighted by Crippen LogP contribution is -2.20. The van der Waals surface area contributed by atoms with Gasteiger partial charge in [0.25, 0.3) is 0 Å². The number of halogens is 3. The number of alkyl halides is 3. The van der Waals surface area contributed by atoms with Crippen LogP contribution in [0.4, 0.5) is 29.3 Å². The smallest absolute Gasteiger partial charge is 0.416 e. The Morgan fingerprint density at radius 2 is 1.73 bits per heavy atom. The van der Waals surface area contributed by atoms with Crippen molar-refractivity contribution < 1.29 is 37.2 Å². The molecule has 3 aromatic rings. The van der Waals surface area contributed by atoms with Crippen molar-refractivity contribution in [3.05, 3.63) is 64.8 Å². The molecule has 0 unspecified atom stereocenters. The summed E-state index contributed by atoms with van der Waals surface area (Å²) < 4.78 is 44.9. The van der Waals surface area contributed by atoms with Crippen LogP contribution < -0.4 is 10.6 Å². The molecule has 172 valence electrons. The lowest BCUT2D eigenvalue weighted by atomic mass is 10.0. The van der Waals surface area contributed by atoms with Gasteiger partial charge < -0.3 is 14.9 Å². The summed E-state index contributed by atoms with van der Waals surface area (Å²) in [7, 11) is 0. The molecule has 11 heteroatoms. The van der Waals surface area contributed by atoms with Crippen molar-refractivity contribution in [3.63, 3.8) is 0 Å². The summed E-state index contributed by atoms with van der Waals surface area (Å²) in [5, 5.41) is 16.9. The third kappa shape index (κ3) is 5.76. The van der Waals surface area contributed by atoms with Crippen LogP contribution in [0.5, 0.6) is 0 Å². The van der Waals surface area contributed by atoms with Gasteiger partial charge in [0.2, 0.25) is 5.91 Å². The van der Waals surface area contributed by atoms with E-state index in [1.165, 1.54) is 12.1 Å². The Balaban J connectivity index is 1.81. The summed E-state index contributed by atoms with van der Waals surface area (Å²) in [4.78, 5) is 36.0. The average Bonchev–Trinajstić information content (AvgIpc) is 3.15. The van der Waals surface area contributed by atoms with Gasteiger partial charge in [0, 0.05) is 17.2 Å². The number of Topliss-reactive ketones (excluding diaryl/α,β-unsaturated/α-hetero) is 1. The van der Waals surface area contributed by atoms with Crippen molar-refractivity contribution in [3.8, 4) is 11.3 Å². The van der Waals surface area contributed by atoms with E-state index in [9.17, 15) is 27.6 Å². The predicted molar refractivity (Wildman–Crippen MR) is 112 cm³/mol. The second kappa shape index (κ2) is 9.15. The normalized spacial score (nSPS) is 11.2. The van der Waals surface area contributed by atoms with Crippen molar-refractivity contribution >= 4 is 29.2 Å². The number of anilines is 2. The van der Waals surface area contributed by atoms with E-state index < -0.39 is 41.6 Å². The number of carboxylic acid groups (broad SMARTS) is 1. The lowest BCUT2D eigenvalue weighted by molar-refractivity contribution is -0.138. The molecule has 2 amide bonds. The van der Waals surface area contributed by atoms with Gasteiger partial charge in [0.15, 0.2) is 11.5 Å². The van der Waals surface area contributed by atoms with Crippen LogP contribution in [-0.4, -0.2) is 28.0 Å². The van der Waals surface area contributed by atoms with E-state index in [1.807, 2.05) is 5.32 Å². The summed E-state index contributed by atoms with van der Waals surface area (Å²) in [5.74, 6) is -1.08. The Morgan fingerprint density at radius 1 is 1.03 bits per heavy atom. The van der Waals surface area contributed by atoms with Gasteiger partial charge in [-0.1, -0.05) is 23.4 Å². The predicted octanol–water partition coefficient (Wildman–Crippen LogP) is 5.28. The topological polar surface area (TPSA) is 122 Å². The van der Waals surface area contributed by atoms with Crippen LogP contribution in [0.25, 0.3) is 11.3 Å². The van der Waals surface area contributed by atoms with Gasteiger partial charge in [0.05, 0.1) is 29.1 Å². The summed E-state index contributed by atoms with van der Waals surface area (Å²) in [6.45, 7) is 2.89. The Labute approximate surface area is 185 Å². The Bertz CT molecular complexity index is 1230. The van der Waals surface area contributed by atoms with E-state index in [0.717, 1.165) is 13.0 Å². The molecule has 3 N–H and O–H groups in total.